The van der Waals surface area contributed by atoms with Crippen molar-refractivity contribution in [1.82, 2.24) is 19.8 Å². The molecule has 2 amide bonds. The third-order valence-corrected chi connectivity index (χ3v) is 2.93. The molecule has 2 heterocycles. The molecule has 1 unspecified atom stereocenters. The average Bonchev–Trinajstić information content (AvgIpc) is 2.66. The fourth-order valence-electron chi connectivity index (χ4n) is 1.86. The standard InChI is InChI=1S/C11H16N4O3/c1-8(4-14-3-2-12-7-14)13-11(18)15-5-9(6-15)10(16)17/h2-3,7-9H,4-6H2,1H3,(H,13,18)(H,16,17). The largest absolute Gasteiger partial charge is 0.481 e. The predicted octanol–water partition coefficient (Wildman–Crippen LogP) is -0.00240. The van der Waals surface area contributed by atoms with Gasteiger partial charge in [-0.2, -0.15) is 0 Å². The Bertz CT molecular complexity index is 426. The molecule has 0 bridgehead atoms. The summed E-state index contributed by atoms with van der Waals surface area (Å²) in [5.41, 5.74) is 0. The molecular formula is C11H16N4O3. The van der Waals surface area contributed by atoms with Crippen LogP contribution in [-0.2, 0) is 11.3 Å². The number of carboxylic acid groups (broad SMARTS) is 1. The number of likely N-dealkylation sites (tertiary alicyclic amines) is 1. The van der Waals surface area contributed by atoms with E-state index < -0.39 is 11.9 Å². The molecule has 98 valence electrons. The van der Waals surface area contributed by atoms with E-state index in [2.05, 4.69) is 10.3 Å². The molecule has 0 saturated carbocycles. The topological polar surface area (TPSA) is 87.5 Å². The molecule has 0 aliphatic carbocycles. The molecule has 18 heavy (non-hydrogen) atoms. The van der Waals surface area contributed by atoms with Crippen molar-refractivity contribution in [2.24, 2.45) is 5.92 Å². The molecule has 1 atom stereocenters. The fourth-order valence-corrected chi connectivity index (χ4v) is 1.86. The van der Waals surface area contributed by atoms with Crippen LogP contribution < -0.4 is 5.32 Å². The maximum Gasteiger partial charge on any atom is 0.317 e. The number of carboxylic acids is 1. The van der Waals surface area contributed by atoms with E-state index in [9.17, 15) is 9.59 Å². The maximum absolute atomic E-state index is 11.7. The van der Waals surface area contributed by atoms with Gasteiger partial charge in [0.1, 0.15) is 0 Å². The van der Waals surface area contributed by atoms with E-state index in [-0.39, 0.29) is 12.1 Å². The van der Waals surface area contributed by atoms with Crippen LogP contribution in [-0.4, -0.2) is 50.7 Å². The number of amides is 2. The summed E-state index contributed by atoms with van der Waals surface area (Å²) < 4.78 is 1.88. The van der Waals surface area contributed by atoms with Crippen molar-refractivity contribution in [3.05, 3.63) is 18.7 Å². The Labute approximate surface area is 104 Å². The summed E-state index contributed by atoms with van der Waals surface area (Å²) in [4.78, 5) is 27.8. The van der Waals surface area contributed by atoms with Gasteiger partial charge in [-0.3, -0.25) is 4.79 Å². The number of nitrogens with zero attached hydrogens (tertiary/aromatic N) is 3. The molecule has 7 heteroatoms. The second kappa shape index (κ2) is 5.07. The Kier molecular flexibility index (Phi) is 3.50. The Balaban J connectivity index is 1.73. The summed E-state index contributed by atoms with van der Waals surface area (Å²) in [6, 6.07) is -0.240. The first-order chi connectivity index (χ1) is 8.56. The maximum atomic E-state index is 11.7. The van der Waals surface area contributed by atoms with Gasteiger partial charge in [0.25, 0.3) is 0 Å². The second-order valence-electron chi connectivity index (χ2n) is 4.55. The molecule has 1 aromatic heterocycles. The summed E-state index contributed by atoms with van der Waals surface area (Å²) in [5, 5.41) is 11.5. The molecule has 1 saturated heterocycles. The van der Waals surface area contributed by atoms with Gasteiger partial charge in [0, 0.05) is 38.1 Å². The van der Waals surface area contributed by atoms with Crippen molar-refractivity contribution in [2.75, 3.05) is 13.1 Å². The zero-order valence-corrected chi connectivity index (χ0v) is 10.1. The molecule has 0 spiro atoms. The average molecular weight is 252 g/mol. The van der Waals surface area contributed by atoms with Crippen molar-refractivity contribution in [3.63, 3.8) is 0 Å². The van der Waals surface area contributed by atoms with Gasteiger partial charge in [0.05, 0.1) is 12.2 Å². The van der Waals surface area contributed by atoms with Gasteiger partial charge < -0.3 is 19.9 Å². The Hall–Kier alpha value is -2.05. The summed E-state index contributed by atoms with van der Waals surface area (Å²) in [5.74, 6) is -1.26. The lowest BCUT2D eigenvalue weighted by Gasteiger charge is -2.37. The van der Waals surface area contributed by atoms with Crippen LogP contribution in [0.4, 0.5) is 4.79 Å². The summed E-state index contributed by atoms with van der Waals surface area (Å²) >= 11 is 0. The van der Waals surface area contributed by atoms with Crippen molar-refractivity contribution < 1.29 is 14.7 Å². The molecule has 0 radical (unpaired) electrons. The van der Waals surface area contributed by atoms with Crippen molar-refractivity contribution in [2.45, 2.75) is 19.5 Å². The first-order valence-electron chi connectivity index (χ1n) is 5.80. The van der Waals surface area contributed by atoms with Gasteiger partial charge in [-0.05, 0) is 6.92 Å². The van der Waals surface area contributed by atoms with Crippen LogP contribution in [0, 0.1) is 5.92 Å². The van der Waals surface area contributed by atoms with Crippen LogP contribution in [0.3, 0.4) is 0 Å². The van der Waals surface area contributed by atoms with Crippen LogP contribution >= 0.6 is 0 Å². The molecule has 0 aromatic carbocycles. The van der Waals surface area contributed by atoms with E-state index in [0.717, 1.165) is 0 Å². The highest BCUT2D eigenvalue weighted by molar-refractivity contribution is 5.79. The van der Waals surface area contributed by atoms with Gasteiger partial charge in [-0.15, -0.1) is 0 Å². The summed E-state index contributed by atoms with van der Waals surface area (Å²) in [7, 11) is 0. The minimum atomic E-state index is -0.842. The number of rotatable bonds is 4. The minimum absolute atomic E-state index is 0.0319. The first-order valence-corrected chi connectivity index (χ1v) is 5.80. The van der Waals surface area contributed by atoms with Crippen LogP contribution in [0.25, 0.3) is 0 Å². The zero-order chi connectivity index (χ0) is 13.1. The highest BCUT2D eigenvalue weighted by Crippen LogP contribution is 2.15. The van der Waals surface area contributed by atoms with Gasteiger partial charge in [0.15, 0.2) is 0 Å². The lowest BCUT2D eigenvalue weighted by molar-refractivity contribution is -0.146. The van der Waals surface area contributed by atoms with Crippen LogP contribution in [0.2, 0.25) is 0 Å². The highest BCUT2D eigenvalue weighted by Gasteiger charge is 2.35. The zero-order valence-electron chi connectivity index (χ0n) is 10.1. The third kappa shape index (κ3) is 2.79. The SMILES string of the molecule is CC(Cn1ccnc1)NC(=O)N1CC(C(=O)O)C1. The molecule has 7 nitrogen and oxygen atoms in total. The van der Waals surface area contributed by atoms with Gasteiger partial charge in [0.2, 0.25) is 0 Å². The molecule has 1 fully saturated rings. The van der Waals surface area contributed by atoms with E-state index in [1.807, 2.05) is 17.7 Å². The number of nitrogens with one attached hydrogen (secondary N) is 1. The second-order valence-corrected chi connectivity index (χ2v) is 4.55. The molecule has 1 aliphatic heterocycles. The van der Waals surface area contributed by atoms with Crippen molar-refractivity contribution in [1.29, 1.82) is 0 Å². The molecule has 1 aromatic rings. The quantitative estimate of drug-likeness (QED) is 0.789. The van der Waals surface area contributed by atoms with E-state index in [1.54, 1.807) is 12.5 Å². The van der Waals surface area contributed by atoms with E-state index >= 15 is 0 Å². The number of urea groups is 1. The summed E-state index contributed by atoms with van der Waals surface area (Å²) in [6.07, 6.45) is 5.20. The van der Waals surface area contributed by atoms with Crippen LogP contribution in [0.15, 0.2) is 18.7 Å². The number of aliphatic carboxylic acids is 1. The van der Waals surface area contributed by atoms with Gasteiger partial charge in [-0.1, -0.05) is 0 Å². The number of aromatic nitrogens is 2. The Morgan fingerprint density at radius 3 is 2.83 bits per heavy atom. The molecule has 2 rings (SSSR count). The van der Waals surface area contributed by atoms with Crippen LogP contribution in [0.5, 0.6) is 0 Å². The highest BCUT2D eigenvalue weighted by atomic mass is 16.4. The predicted molar refractivity (Wildman–Crippen MR) is 62.9 cm³/mol. The summed E-state index contributed by atoms with van der Waals surface area (Å²) in [6.45, 7) is 3.12. The van der Waals surface area contributed by atoms with E-state index in [0.29, 0.717) is 19.6 Å². The van der Waals surface area contributed by atoms with E-state index in [1.165, 1.54) is 4.90 Å². The monoisotopic (exact) mass is 252 g/mol. The minimum Gasteiger partial charge on any atom is -0.481 e. The smallest absolute Gasteiger partial charge is 0.317 e. The molecule has 1 aliphatic rings. The van der Waals surface area contributed by atoms with E-state index in [4.69, 9.17) is 5.11 Å². The Morgan fingerprint density at radius 1 is 1.56 bits per heavy atom. The van der Waals surface area contributed by atoms with Crippen molar-refractivity contribution >= 4 is 12.0 Å². The number of carbonyl (C=O) groups excluding carboxylic acids is 1. The van der Waals surface area contributed by atoms with Gasteiger partial charge in [-0.25, -0.2) is 9.78 Å². The van der Waals surface area contributed by atoms with Crippen molar-refractivity contribution in [3.8, 4) is 0 Å². The van der Waals surface area contributed by atoms with Crippen LogP contribution in [0.1, 0.15) is 6.92 Å². The fraction of sp³-hybridized carbons (Fsp3) is 0.545. The normalized spacial score (nSPS) is 17.1. The number of carbonyl (C=O) groups is 2. The number of hydrogen-bond acceptors (Lipinski definition) is 3. The van der Waals surface area contributed by atoms with Gasteiger partial charge >= 0.3 is 12.0 Å². The molecular weight excluding hydrogens is 236 g/mol. The number of hydrogen-bond donors (Lipinski definition) is 2. The molecule has 2 N–H and O–H groups in total. The lowest BCUT2D eigenvalue weighted by Crippen LogP contribution is -2.57. The Morgan fingerprint density at radius 2 is 2.28 bits per heavy atom. The number of imidazole rings is 1. The third-order valence-electron chi connectivity index (χ3n) is 2.93. The first kappa shape index (κ1) is 12.4. The lowest BCUT2D eigenvalue weighted by atomic mass is 10.0.